The molecule has 3 N–H and O–H groups in total. The number of aromatic nitrogens is 6. The summed E-state index contributed by atoms with van der Waals surface area (Å²) in [6.45, 7) is 2.62. The molecule has 174 valence electrons. The van der Waals surface area contributed by atoms with E-state index in [-0.39, 0.29) is 17.3 Å². The molecule has 5 heterocycles. The number of rotatable bonds is 5. The second-order valence-corrected chi connectivity index (χ2v) is 9.20. The SMILES string of the molecule is Nc1ncc(-c2cc3n(n2)CC[C@@]32CCN(C(c3ncn[nH]3)C3CC3)C2)cc1OC(F)(F)F. The van der Waals surface area contributed by atoms with E-state index in [1.165, 1.54) is 25.1 Å². The van der Waals surface area contributed by atoms with Crippen molar-refractivity contribution in [1.82, 2.24) is 34.8 Å². The van der Waals surface area contributed by atoms with Gasteiger partial charge in [0.15, 0.2) is 11.6 Å². The van der Waals surface area contributed by atoms with Crippen LogP contribution >= 0.6 is 0 Å². The highest BCUT2D eigenvalue weighted by atomic mass is 19.4. The number of nitrogen functional groups attached to an aromatic ring is 1. The van der Waals surface area contributed by atoms with Crippen LogP contribution in [0.25, 0.3) is 11.3 Å². The molecular weight excluding hydrogens is 437 g/mol. The van der Waals surface area contributed by atoms with Gasteiger partial charge in [0.2, 0.25) is 0 Å². The number of anilines is 1. The molecule has 0 amide bonds. The lowest BCUT2D eigenvalue weighted by molar-refractivity contribution is -0.274. The van der Waals surface area contributed by atoms with Crippen LogP contribution in [0.4, 0.5) is 19.0 Å². The van der Waals surface area contributed by atoms with E-state index in [1.807, 2.05) is 10.7 Å². The molecular formula is C21H23F3N8O. The van der Waals surface area contributed by atoms with Crippen molar-refractivity contribution in [2.45, 2.75) is 50.0 Å². The van der Waals surface area contributed by atoms with E-state index in [0.717, 1.165) is 44.0 Å². The van der Waals surface area contributed by atoms with E-state index in [1.54, 1.807) is 6.33 Å². The summed E-state index contributed by atoms with van der Waals surface area (Å²) < 4.78 is 44.1. The Morgan fingerprint density at radius 1 is 1.18 bits per heavy atom. The van der Waals surface area contributed by atoms with Gasteiger partial charge in [0, 0.05) is 36.0 Å². The van der Waals surface area contributed by atoms with Crippen LogP contribution in [0.5, 0.6) is 5.75 Å². The lowest BCUT2D eigenvalue weighted by Gasteiger charge is -2.28. The Morgan fingerprint density at radius 3 is 2.73 bits per heavy atom. The smallest absolute Gasteiger partial charge is 0.402 e. The molecule has 2 aliphatic heterocycles. The maximum Gasteiger partial charge on any atom is 0.573 e. The first-order valence-corrected chi connectivity index (χ1v) is 11.0. The topological polar surface area (TPSA) is 111 Å². The molecule has 6 rings (SSSR count). The molecule has 3 aromatic rings. The average molecular weight is 460 g/mol. The third-order valence-corrected chi connectivity index (χ3v) is 7.09. The summed E-state index contributed by atoms with van der Waals surface area (Å²) in [5.41, 5.74) is 7.66. The van der Waals surface area contributed by atoms with Crippen LogP contribution in [0, 0.1) is 5.92 Å². The van der Waals surface area contributed by atoms with Gasteiger partial charge in [0.1, 0.15) is 12.2 Å². The van der Waals surface area contributed by atoms with E-state index < -0.39 is 12.1 Å². The summed E-state index contributed by atoms with van der Waals surface area (Å²) in [5.74, 6) is 0.688. The lowest BCUT2D eigenvalue weighted by atomic mass is 9.82. The third kappa shape index (κ3) is 3.62. The number of hydrogen-bond donors (Lipinski definition) is 2. The number of aryl methyl sites for hydroxylation is 1. The summed E-state index contributed by atoms with van der Waals surface area (Å²) in [6.07, 6.45) is 2.53. The maximum atomic E-state index is 12.7. The average Bonchev–Trinajstić information content (AvgIpc) is 3.16. The standard InChI is InChI=1S/C21H23F3N8O/c22-21(23,24)33-15-7-13(9-26-18(15)25)14-8-16-20(4-6-32(16)30-14)3-5-31(10-20)17(12-1-2-12)19-27-11-28-29-19/h7-9,11-12,17H,1-6,10H2,(H2,25,26)(H,27,28,29)/t17?,20-/m1/s1. The number of hydrogen-bond acceptors (Lipinski definition) is 7. The summed E-state index contributed by atoms with van der Waals surface area (Å²) in [5, 5.41) is 11.8. The quantitative estimate of drug-likeness (QED) is 0.602. The van der Waals surface area contributed by atoms with Gasteiger partial charge in [-0.05, 0) is 50.3 Å². The molecule has 0 bridgehead atoms. The fourth-order valence-corrected chi connectivity index (χ4v) is 5.42. The number of aromatic amines is 1. The minimum Gasteiger partial charge on any atom is -0.402 e. The Morgan fingerprint density at radius 2 is 2.00 bits per heavy atom. The maximum absolute atomic E-state index is 12.7. The molecule has 1 aliphatic carbocycles. The Kier molecular flexibility index (Phi) is 4.45. The minimum absolute atomic E-state index is 0.0368. The molecule has 0 radical (unpaired) electrons. The third-order valence-electron chi connectivity index (χ3n) is 7.09. The Hall–Kier alpha value is -3.15. The molecule has 2 atom stereocenters. The van der Waals surface area contributed by atoms with E-state index in [9.17, 15) is 13.2 Å². The van der Waals surface area contributed by atoms with Crippen LogP contribution in [-0.2, 0) is 12.0 Å². The van der Waals surface area contributed by atoms with Gasteiger partial charge in [-0.3, -0.25) is 14.7 Å². The van der Waals surface area contributed by atoms with Crippen molar-refractivity contribution in [3.63, 3.8) is 0 Å². The number of nitrogens with one attached hydrogen (secondary N) is 1. The van der Waals surface area contributed by atoms with Crippen molar-refractivity contribution >= 4 is 5.82 Å². The second kappa shape index (κ2) is 7.17. The normalized spacial score (nSPS) is 23.8. The highest BCUT2D eigenvalue weighted by molar-refractivity contribution is 5.64. The molecule has 1 saturated carbocycles. The van der Waals surface area contributed by atoms with Crippen LogP contribution in [-0.4, -0.2) is 54.3 Å². The Labute approximate surface area is 187 Å². The van der Waals surface area contributed by atoms with Crippen LogP contribution < -0.4 is 10.5 Å². The summed E-state index contributed by atoms with van der Waals surface area (Å²) >= 11 is 0. The van der Waals surface area contributed by atoms with Gasteiger partial charge in [-0.25, -0.2) is 9.97 Å². The van der Waals surface area contributed by atoms with Crippen molar-refractivity contribution in [3.05, 3.63) is 36.2 Å². The molecule has 33 heavy (non-hydrogen) atoms. The number of fused-ring (bicyclic) bond motifs is 2. The van der Waals surface area contributed by atoms with Gasteiger partial charge >= 0.3 is 6.36 Å². The molecule has 12 heteroatoms. The van der Waals surface area contributed by atoms with Crippen LogP contribution in [0.1, 0.15) is 43.2 Å². The largest absolute Gasteiger partial charge is 0.573 e. The van der Waals surface area contributed by atoms with Crippen molar-refractivity contribution < 1.29 is 17.9 Å². The fraction of sp³-hybridized carbons (Fsp3) is 0.524. The zero-order valence-corrected chi connectivity index (χ0v) is 17.7. The van der Waals surface area contributed by atoms with Gasteiger partial charge in [-0.15, -0.1) is 13.2 Å². The molecule has 1 saturated heterocycles. The van der Waals surface area contributed by atoms with Crippen molar-refractivity contribution in [1.29, 1.82) is 0 Å². The predicted molar refractivity (Wildman–Crippen MR) is 111 cm³/mol. The van der Waals surface area contributed by atoms with Crippen LogP contribution in [0.2, 0.25) is 0 Å². The number of nitrogens with zero attached hydrogens (tertiary/aromatic N) is 6. The first-order chi connectivity index (χ1) is 15.8. The highest BCUT2D eigenvalue weighted by Crippen LogP contribution is 2.50. The van der Waals surface area contributed by atoms with E-state index >= 15 is 0 Å². The fourth-order valence-electron chi connectivity index (χ4n) is 5.42. The van der Waals surface area contributed by atoms with Crippen molar-refractivity contribution in [2.75, 3.05) is 18.8 Å². The summed E-state index contributed by atoms with van der Waals surface area (Å²) in [7, 11) is 0. The van der Waals surface area contributed by atoms with Gasteiger partial charge in [0.05, 0.1) is 11.7 Å². The molecule has 9 nitrogen and oxygen atoms in total. The lowest BCUT2D eigenvalue weighted by Crippen LogP contribution is -2.33. The van der Waals surface area contributed by atoms with Gasteiger partial charge < -0.3 is 10.5 Å². The zero-order valence-electron chi connectivity index (χ0n) is 17.7. The van der Waals surface area contributed by atoms with E-state index in [4.69, 9.17) is 5.73 Å². The Balaban J connectivity index is 1.28. The van der Waals surface area contributed by atoms with Crippen LogP contribution in [0.3, 0.4) is 0 Å². The molecule has 1 spiro atoms. The molecule has 2 fully saturated rings. The van der Waals surface area contributed by atoms with Crippen LogP contribution in [0.15, 0.2) is 24.7 Å². The minimum atomic E-state index is -4.84. The number of nitrogens with two attached hydrogens (primary N) is 1. The van der Waals surface area contributed by atoms with Gasteiger partial charge in [-0.2, -0.15) is 10.2 Å². The second-order valence-electron chi connectivity index (χ2n) is 9.20. The monoisotopic (exact) mass is 460 g/mol. The predicted octanol–water partition coefficient (Wildman–Crippen LogP) is 3.04. The number of halogens is 3. The van der Waals surface area contributed by atoms with E-state index in [0.29, 0.717) is 17.2 Å². The highest BCUT2D eigenvalue weighted by Gasteiger charge is 2.50. The number of H-pyrrole nitrogens is 1. The van der Waals surface area contributed by atoms with E-state index in [2.05, 4.69) is 34.9 Å². The van der Waals surface area contributed by atoms with Gasteiger partial charge in [-0.1, -0.05) is 0 Å². The Bertz CT molecular complexity index is 1170. The zero-order chi connectivity index (χ0) is 22.8. The van der Waals surface area contributed by atoms with Gasteiger partial charge in [0.25, 0.3) is 0 Å². The molecule has 0 aromatic carbocycles. The first-order valence-electron chi connectivity index (χ1n) is 11.0. The number of ether oxygens (including phenoxy) is 1. The number of pyridine rings is 1. The summed E-state index contributed by atoms with van der Waals surface area (Å²) in [4.78, 5) is 10.8. The molecule has 3 aliphatic rings. The number of likely N-dealkylation sites (tertiary alicyclic amines) is 1. The molecule has 1 unspecified atom stereocenters. The molecule has 3 aromatic heterocycles. The first kappa shape index (κ1) is 20.5. The van der Waals surface area contributed by atoms with Crippen molar-refractivity contribution in [2.24, 2.45) is 5.92 Å². The van der Waals surface area contributed by atoms with Crippen molar-refractivity contribution in [3.8, 4) is 17.0 Å². The summed E-state index contributed by atoms with van der Waals surface area (Å²) in [6, 6.07) is 3.46. The number of alkyl halides is 3.